The van der Waals surface area contributed by atoms with E-state index in [0.717, 1.165) is 33.3 Å². The minimum Gasteiger partial charge on any atom is -0.370 e. The average molecular weight is 368 g/mol. The second kappa shape index (κ2) is 7.40. The van der Waals surface area contributed by atoms with E-state index in [1.807, 2.05) is 65.2 Å². The van der Waals surface area contributed by atoms with Crippen LogP contribution in [0.15, 0.2) is 89.9 Å². The topological polar surface area (TPSA) is 86.4 Å². The fourth-order valence-corrected chi connectivity index (χ4v) is 3.50. The number of hydrogen-bond acceptors (Lipinski definition) is 1. The lowest BCUT2D eigenvalue weighted by atomic mass is 10.0. The first kappa shape index (κ1) is 17.5. The van der Waals surface area contributed by atoms with E-state index in [1.165, 1.54) is 0 Å². The van der Waals surface area contributed by atoms with E-state index in [2.05, 4.69) is 29.3 Å². The lowest BCUT2D eigenvalue weighted by molar-refractivity contribution is -0.118. The van der Waals surface area contributed by atoms with E-state index in [0.29, 0.717) is 0 Å². The van der Waals surface area contributed by atoms with Gasteiger partial charge in [0.1, 0.15) is 6.54 Å². The number of benzene rings is 3. The van der Waals surface area contributed by atoms with Gasteiger partial charge in [0.15, 0.2) is 5.96 Å². The molecule has 0 aliphatic carbocycles. The summed E-state index contributed by atoms with van der Waals surface area (Å²) in [7, 11) is 0. The van der Waals surface area contributed by atoms with E-state index in [9.17, 15) is 4.79 Å². The van der Waals surface area contributed by atoms with Gasteiger partial charge in [-0.05, 0) is 28.5 Å². The Bertz CT molecular complexity index is 1170. The molecule has 0 radical (unpaired) electrons. The number of aromatic nitrogens is 1. The van der Waals surface area contributed by atoms with Crippen LogP contribution in [0.25, 0.3) is 33.3 Å². The zero-order valence-corrected chi connectivity index (χ0v) is 15.2. The summed E-state index contributed by atoms with van der Waals surface area (Å²) >= 11 is 0. The van der Waals surface area contributed by atoms with Crippen LogP contribution in [-0.2, 0) is 11.3 Å². The zero-order valence-electron chi connectivity index (χ0n) is 15.2. The van der Waals surface area contributed by atoms with Crippen LogP contribution < -0.4 is 11.5 Å². The molecule has 0 unspecified atom stereocenters. The molecular weight excluding hydrogens is 348 g/mol. The maximum Gasteiger partial charge on any atom is 0.268 e. The summed E-state index contributed by atoms with van der Waals surface area (Å²) < 4.78 is 1.96. The van der Waals surface area contributed by atoms with Gasteiger partial charge < -0.3 is 16.0 Å². The van der Waals surface area contributed by atoms with Crippen molar-refractivity contribution in [2.75, 3.05) is 0 Å². The first-order valence-electron chi connectivity index (χ1n) is 8.99. The van der Waals surface area contributed by atoms with Crippen molar-refractivity contribution in [1.29, 1.82) is 0 Å². The lowest BCUT2D eigenvalue weighted by Gasteiger charge is -2.14. The molecule has 3 aromatic carbocycles. The van der Waals surface area contributed by atoms with Crippen LogP contribution in [0.2, 0.25) is 0 Å². The summed E-state index contributed by atoms with van der Waals surface area (Å²) in [5, 5.41) is 2.27. The maximum atomic E-state index is 12.4. The van der Waals surface area contributed by atoms with Crippen LogP contribution in [0.1, 0.15) is 0 Å². The number of aliphatic imine (C=N–C) groups is 1. The largest absolute Gasteiger partial charge is 0.370 e. The summed E-state index contributed by atoms with van der Waals surface area (Å²) in [6.07, 6.45) is 0. The first-order valence-corrected chi connectivity index (χ1v) is 8.99. The van der Waals surface area contributed by atoms with Crippen molar-refractivity contribution >= 4 is 22.6 Å². The average Bonchev–Trinajstić information content (AvgIpc) is 3.10. The maximum absolute atomic E-state index is 12.4. The van der Waals surface area contributed by atoms with Crippen molar-refractivity contribution in [1.82, 2.24) is 4.57 Å². The lowest BCUT2D eigenvalue weighted by Crippen LogP contribution is -2.25. The van der Waals surface area contributed by atoms with Crippen LogP contribution in [0.5, 0.6) is 0 Å². The number of guanidine groups is 1. The van der Waals surface area contributed by atoms with Gasteiger partial charge in [-0.2, -0.15) is 4.99 Å². The van der Waals surface area contributed by atoms with E-state index in [1.54, 1.807) is 0 Å². The molecule has 1 aromatic heterocycles. The van der Waals surface area contributed by atoms with Crippen molar-refractivity contribution in [2.45, 2.75) is 6.54 Å². The molecule has 0 aliphatic rings. The van der Waals surface area contributed by atoms with E-state index >= 15 is 0 Å². The number of carbonyl (C=O) groups excluding carboxylic acids is 1. The summed E-state index contributed by atoms with van der Waals surface area (Å²) in [4.78, 5) is 16.1. The number of amides is 1. The summed E-state index contributed by atoms with van der Waals surface area (Å²) in [5.41, 5.74) is 14.7. The molecule has 5 heteroatoms. The SMILES string of the molecule is NC(N)=NC(=O)Cn1c(-c2ccccc2)ccc1-c1cccc2ccccc12. The van der Waals surface area contributed by atoms with Gasteiger partial charge in [-0.3, -0.25) is 4.79 Å². The fraction of sp³-hybridized carbons (Fsp3) is 0.0435. The predicted octanol–water partition coefficient (Wildman–Crippen LogP) is 3.78. The van der Waals surface area contributed by atoms with E-state index < -0.39 is 5.91 Å². The normalized spacial score (nSPS) is 10.7. The van der Waals surface area contributed by atoms with Gasteiger partial charge in [0.25, 0.3) is 5.91 Å². The highest BCUT2D eigenvalue weighted by Gasteiger charge is 2.16. The quantitative estimate of drug-likeness (QED) is 0.425. The Kier molecular flexibility index (Phi) is 4.64. The van der Waals surface area contributed by atoms with Crippen molar-refractivity contribution in [3.8, 4) is 22.5 Å². The minimum atomic E-state index is -0.394. The van der Waals surface area contributed by atoms with Crippen molar-refractivity contribution < 1.29 is 4.79 Å². The van der Waals surface area contributed by atoms with Gasteiger partial charge in [0, 0.05) is 17.0 Å². The highest BCUT2D eigenvalue weighted by atomic mass is 16.1. The van der Waals surface area contributed by atoms with Gasteiger partial charge in [-0.1, -0.05) is 72.8 Å². The number of fused-ring (bicyclic) bond motifs is 1. The third kappa shape index (κ3) is 3.38. The van der Waals surface area contributed by atoms with Crippen LogP contribution >= 0.6 is 0 Å². The third-order valence-corrected chi connectivity index (χ3v) is 4.66. The molecule has 0 saturated heterocycles. The number of rotatable bonds is 4. The molecule has 0 atom stereocenters. The molecule has 138 valence electrons. The molecular formula is C23H20N4O. The van der Waals surface area contributed by atoms with Crippen molar-refractivity contribution in [3.63, 3.8) is 0 Å². The first-order chi connectivity index (χ1) is 13.6. The van der Waals surface area contributed by atoms with Gasteiger partial charge >= 0.3 is 0 Å². The Morgan fingerprint density at radius 3 is 2.25 bits per heavy atom. The number of nitrogens with zero attached hydrogens (tertiary/aromatic N) is 2. The standard InChI is InChI=1S/C23H20N4O/c24-23(25)26-22(28)15-27-20(17-8-2-1-3-9-17)13-14-21(27)19-12-6-10-16-7-4-5-11-18(16)19/h1-14H,15H2,(H4,24,25,26,28). The van der Waals surface area contributed by atoms with Crippen molar-refractivity contribution in [3.05, 3.63) is 84.9 Å². The molecule has 4 aromatic rings. The Labute approximate surface area is 162 Å². The monoisotopic (exact) mass is 368 g/mol. The highest BCUT2D eigenvalue weighted by molar-refractivity contribution is 5.97. The number of nitrogens with two attached hydrogens (primary N) is 2. The Hall–Kier alpha value is -3.86. The number of carbonyl (C=O) groups is 1. The zero-order chi connectivity index (χ0) is 19.5. The van der Waals surface area contributed by atoms with Gasteiger partial charge in [-0.25, -0.2) is 0 Å². The molecule has 1 amide bonds. The van der Waals surface area contributed by atoms with Gasteiger partial charge in [0.2, 0.25) is 0 Å². The summed E-state index contributed by atoms with van der Waals surface area (Å²) in [6.45, 7) is 0.0493. The van der Waals surface area contributed by atoms with Crippen LogP contribution in [0, 0.1) is 0 Å². The van der Waals surface area contributed by atoms with Crippen molar-refractivity contribution in [2.24, 2.45) is 16.5 Å². The van der Waals surface area contributed by atoms with Crippen LogP contribution in [0.4, 0.5) is 0 Å². The molecule has 0 saturated carbocycles. The Balaban J connectivity index is 1.91. The van der Waals surface area contributed by atoms with Gasteiger partial charge in [-0.15, -0.1) is 0 Å². The van der Waals surface area contributed by atoms with Crippen LogP contribution in [0.3, 0.4) is 0 Å². The van der Waals surface area contributed by atoms with E-state index in [-0.39, 0.29) is 12.5 Å². The molecule has 4 rings (SSSR count). The Morgan fingerprint density at radius 2 is 1.46 bits per heavy atom. The highest BCUT2D eigenvalue weighted by Crippen LogP contribution is 2.33. The summed E-state index contributed by atoms with van der Waals surface area (Å²) in [6, 6.07) is 28.4. The summed E-state index contributed by atoms with van der Waals surface area (Å²) in [5.74, 6) is -0.625. The second-order valence-electron chi connectivity index (χ2n) is 6.51. The molecule has 0 spiro atoms. The second-order valence-corrected chi connectivity index (χ2v) is 6.51. The van der Waals surface area contributed by atoms with Crippen LogP contribution in [-0.4, -0.2) is 16.4 Å². The molecule has 1 heterocycles. The van der Waals surface area contributed by atoms with Gasteiger partial charge in [0.05, 0.1) is 0 Å². The molecule has 0 fully saturated rings. The number of hydrogen-bond donors (Lipinski definition) is 2. The molecule has 0 bridgehead atoms. The smallest absolute Gasteiger partial charge is 0.268 e. The fourth-order valence-electron chi connectivity index (χ4n) is 3.50. The third-order valence-electron chi connectivity index (χ3n) is 4.66. The minimum absolute atomic E-state index is 0.0493. The predicted molar refractivity (Wildman–Crippen MR) is 114 cm³/mol. The molecule has 28 heavy (non-hydrogen) atoms. The Morgan fingerprint density at radius 1 is 0.786 bits per heavy atom. The molecule has 4 N–H and O–H groups in total. The molecule has 5 nitrogen and oxygen atoms in total. The van der Waals surface area contributed by atoms with E-state index in [4.69, 9.17) is 11.5 Å². The molecule has 0 aliphatic heterocycles.